The van der Waals surface area contributed by atoms with Crippen LogP contribution in [0.15, 0.2) is 47.4 Å². The molecule has 0 saturated heterocycles. The zero-order valence-corrected chi connectivity index (χ0v) is 11.2. The molecule has 1 heterocycles. The minimum atomic E-state index is -3.97. The van der Waals surface area contributed by atoms with Crippen LogP contribution in [0.4, 0.5) is 4.39 Å². The Labute approximate surface area is 115 Å². The Morgan fingerprint density at radius 1 is 1.15 bits per heavy atom. The van der Waals surface area contributed by atoms with Gasteiger partial charge >= 0.3 is 10.1 Å². The number of benzene rings is 2. The van der Waals surface area contributed by atoms with Gasteiger partial charge in [0.1, 0.15) is 22.2 Å². The fourth-order valence-corrected chi connectivity index (χ4v) is 2.99. The maximum atomic E-state index is 13.0. The minimum absolute atomic E-state index is 0.0333. The highest BCUT2D eigenvalue weighted by molar-refractivity contribution is 7.87. The van der Waals surface area contributed by atoms with E-state index in [-0.39, 0.29) is 10.6 Å². The Hall–Kier alpha value is -2.08. The van der Waals surface area contributed by atoms with Gasteiger partial charge < -0.3 is 8.92 Å². The lowest BCUT2D eigenvalue weighted by molar-refractivity contribution is 0.356. The average Bonchev–Trinajstić information content (AvgIpc) is 2.85. The molecule has 0 unspecified atom stereocenters. The van der Waals surface area contributed by atoms with E-state index in [9.17, 15) is 12.8 Å². The van der Waals surface area contributed by atoms with E-state index in [2.05, 4.69) is 0 Å². The summed E-state index contributed by atoms with van der Waals surface area (Å²) in [6.07, 6.45) is 0.665. The van der Waals surface area contributed by atoms with E-state index in [0.717, 1.165) is 11.6 Å². The van der Waals surface area contributed by atoms with Crippen molar-refractivity contribution in [3.63, 3.8) is 0 Å². The van der Waals surface area contributed by atoms with Gasteiger partial charge in [0.2, 0.25) is 0 Å². The van der Waals surface area contributed by atoms with Gasteiger partial charge in [0.15, 0.2) is 0 Å². The van der Waals surface area contributed by atoms with Crippen LogP contribution in [0.3, 0.4) is 0 Å². The third-order valence-electron chi connectivity index (χ3n) is 2.95. The summed E-state index contributed by atoms with van der Waals surface area (Å²) in [6, 6.07) is 9.55. The maximum absolute atomic E-state index is 13.0. The second-order valence-corrected chi connectivity index (χ2v) is 5.91. The number of rotatable bonds is 3. The monoisotopic (exact) mass is 294 g/mol. The Morgan fingerprint density at radius 2 is 2.00 bits per heavy atom. The fourth-order valence-electron chi connectivity index (χ4n) is 2.01. The van der Waals surface area contributed by atoms with E-state index in [1.807, 2.05) is 0 Å². The first-order chi connectivity index (χ1) is 9.54. The Kier molecular flexibility index (Phi) is 3.10. The van der Waals surface area contributed by atoms with Crippen molar-refractivity contribution in [3.05, 3.63) is 53.8 Å². The predicted octanol–water partition coefficient (Wildman–Crippen LogP) is 2.53. The van der Waals surface area contributed by atoms with Gasteiger partial charge in [0, 0.05) is 12.5 Å². The van der Waals surface area contributed by atoms with Crippen molar-refractivity contribution in [3.8, 4) is 11.5 Å². The van der Waals surface area contributed by atoms with Gasteiger partial charge in [-0.1, -0.05) is 6.07 Å². The lowest BCUT2D eigenvalue weighted by Crippen LogP contribution is -2.10. The second-order valence-electron chi connectivity index (χ2n) is 4.36. The number of ether oxygens (including phenoxy) is 1. The highest BCUT2D eigenvalue weighted by atomic mass is 32.2. The van der Waals surface area contributed by atoms with Gasteiger partial charge in [-0.25, -0.2) is 4.39 Å². The molecule has 0 fully saturated rings. The number of fused-ring (bicyclic) bond motifs is 1. The summed E-state index contributed by atoms with van der Waals surface area (Å²) in [7, 11) is -3.97. The summed E-state index contributed by atoms with van der Waals surface area (Å²) in [6.45, 7) is 0.545. The summed E-state index contributed by atoms with van der Waals surface area (Å²) in [5.41, 5.74) is 0.828. The largest absolute Gasteiger partial charge is 0.493 e. The van der Waals surface area contributed by atoms with Crippen LogP contribution in [0.5, 0.6) is 11.5 Å². The van der Waals surface area contributed by atoms with Crippen LogP contribution >= 0.6 is 0 Å². The maximum Gasteiger partial charge on any atom is 0.339 e. The lowest BCUT2D eigenvalue weighted by Gasteiger charge is -2.08. The van der Waals surface area contributed by atoms with Crippen molar-refractivity contribution < 1.29 is 21.7 Å². The number of hydrogen-bond acceptors (Lipinski definition) is 4. The molecule has 104 valence electrons. The number of hydrogen-bond donors (Lipinski definition) is 0. The van der Waals surface area contributed by atoms with E-state index >= 15 is 0 Å². The van der Waals surface area contributed by atoms with Crippen molar-refractivity contribution in [2.24, 2.45) is 0 Å². The van der Waals surface area contributed by atoms with Gasteiger partial charge in [0.05, 0.1) is 6.61 Å². The molecular weight excluding hydrogens is 283 g/mol. The lowest BCUT2D eigenvalue weighted by atomic mass is 10.2. The molecule has 3 rings (SSSR count). The summed E-state index contributed by atoms with van der Waals surface area (Å²) in [4.78, 5) is 0.0333. The SMILES string of the molecule is O=S(=O)(Oc1cccc(F)c1)c1ccc2c(c1)CCO2. The van der Waals surface area contributed by atoms with Crippen LogP contribution in [-0.4, -0.2) is 15.0 Å². The Morgan fingerprint density at radius 3 is 2.80 bits per heavy atom. The molecule has 2 aromatic rings. The van der Waals surface area contributed by atoms with E-state index in [0.29, 0.717) is 18.8 Å². The molecule has 0 aliphatic carbocycles. The van der Waals surface area contributed by atoms with Crippen LogP contribution in [0.25, 0.3) is 0 Å². The first kappa shape index (κ1) is 12.9. The van der Waals surface area contributed by atoms with Gasteiger partial charge in [-0.2, -0.15) is 8.42 Å². The molecule has 0 amide bonds. The van der Waals surface area contributed by atoms with Crippen molar-refractivity contribution in [1.29, 1.82) is 0 Å². The fraction of sp³-hybridized carbons (Fsp3) is 0.143. The predicted molar refractivity (Wildman–Crippen MR) is 69.9 cm³/mol. The van der Waals surface area contributed by atoms with Crippen molar-refractivity contribution in [2.45, 2.75) is 11.3 Å². The molecule has 0 radical (unpaired) electrons. The zero-order chi connectivity index (χ0) is 14.2. The van der Waals surface area contributed by atoms with Crippen LogP contribution in [-0.2, 0) is 16.5 Å². The highest BCUT2D eigenvalue weighted by Crippen LogP contribution is 2.28. The molecule has 20 heavy (non-hydrogen) atoms. The van der Waals surface area contributed by atoms with E-state index in [1.54, 1.807) is 6.07 Å². The smallest absolute Gasteiger partial charge is 0.339 e. The molecule has 0 N–H and O–H groups in total. The van der Waals surface area contributed by atoms with Gasteiger partial charge in [-0.15, -0.1) is 0 Å². The first-order valence-electron chi connectivity index (χ1n) is 6.00. The molecule has 0 spiro atoms. The Balaban J connectivity index is 1.92. The highest BCUT2D eigenvalue weighted by Gasteiger charge is 2.21. The molecular formula is C14H11FO4S. The number of halogens is 1. The van der Waals surface area contributed by atoms with Crippen LogP contribution in [0.2, 0.25) is 0 Å². The molecule has 0 atom stereocenters. The zero-order valence-electron chi connectivity index (χ0n) is 10.4. The molecule has 0 saturated carbocycles. The molecule has 4 nitrogen and oxygen atoms in total. The van der Waals surface area contributed by atoms with Gasteiger partial charge in [-0.05, 0) is 35.9 Å². The van der Waals surface area contributed by atoms with E-state index in [1.165, 1.54) is 30.3 Å². The molecule has 6 heteroatoms. The third-order valence-corrected chi connectivity index (χ3v) is 4.19. The quantitative estimate of drug-likeness (QED) is 0.816. The molecule has 1 aliphatic rings. The standard InChI is InChI=1S/C14H11FO4S/c15-11-2-1-3-12(9-11)19-20(16,17)13-4-5-14-10(8-13)6-7-18-14/h1-5,8-9H,6-7H2. The van der Waals surface area contributed by atoms with Crippen molar-refractivity contribution in [1.82, 2.24) is 0 Å². The summed E-state index contributed by atoms with van der Waals surface area (Å²) < 4.78 is 47.5. The second kappa shape index (κ2) is 4.79. The van der Waals surface area contributed by atoms with E-state index in [4.69, 9.17) is 8.92 Å². The summed E-state index contributed by atoms with van der Waals surface area (Å²) >= 11 is 0. The summed E-state index contributed by atoms with van der Waals surface area (Å²) in [5, 5.41) is 0. The van der Waals surface area contributed by atoms with Crippen LogP contribution in [0, 0.1) is 5.82 Å². The van der Waals surface area contributed by atoms with Crippen LogP contribution in [0.1, 0.15) is 5.56 Å². The molecule has 0 aromatic heterocycles. The molecule has 0 bridgehead atoms. The topological polar surface area (TPSA) is 52.6 Å². The first-order valence-corrected chi connectivity index (χ1v) is 7.41. The van der Waals surface area contributed by atoms with Crippen LogP contribution < -0.4 is 8.92 Å². The van der Waals surface area contributed by atoms with Gasteiger partial charge in [0.25, 0.3) is 0 Å². The Bertz CT molecular complexity index is 756. The van der Waals surface area contributed by atoms with Crippen molar-refractivity contribution in [2.75, 3.05) is 6.61 Å². The summed E-state index contributed by atoms with van der Waals surface area (Å²) in [5.74, 6) is 0.0801. The third kappa shape index (κ3) is 2.46. The normalized spacial score (nSPS) is 13.7. The van der Waals surface area contributed by atoms with Gasteiger partial charge in [-0.3, -0.25) is 0 Å². The van der Waals surface area contributed by atoms with E-state index < -0.39 is 15.9 Å². The minimum Gasteiger partial charge on any atom is -0.493 e. The molecule has 2 aromatic carbocycles. The average molecular weight is 294 g/mol. The molecule has 1 aliphatic heterocycles. The van der Waals surface area contributed by atoms with Crippen molar-refractivity contribution >= 4 is 10.1 Å².